The molecule has 8 heteroatoms. The van der Waals surface area contributed by atoms with E-state index in [1.807, 2.05) is 24.8 Å². The van der Waals surface area contributed by atoms with Gasteiger partial charge in [0.15, 0.2) is 0 Å². The highest BCUT2D eigenvalue weighted by Gasteiger charge is 2.40. The molecule has 5 nitrogen and oxygen atoms in total. The number of aromatic nitrogens is 2. The number of nitrogens with two attached hydrogens (primary N) is 1. The van der Waals surface area contributed by atoms with Crippen LogP contribution in [0.4, 0.5) is 19.1 Å². The summed E-state index contributed by atoms with van der Waals surface area (Å²) in [5.41, 5.74) is 7.19. The molecule has 1 aliphatic heterocycles. The second kappa shape index (κ2) is 5.48. The zero-order valence-corrected chi connectivity index (χ0v) is 14.7. The third-order valence-electron chi connectivity index (χ3n) is 5.14. The minimum Gasteiger partial charge on any atom is -0.366 e. The summed E-state index contributed by atoms with van der Waals surface area (Å²) >= 11 is 0. The Balaban J connectivity index is 1.80. The average Bonchev–Trinajstić information content (AvgIpc) is 3.11. The standard InChI is InChI=1S/C19H17F3N4O/c1-18(2)13-5-3-4-11(16(23)27)12(13)9-26(18)17-24-14-7-6-10(19(20,21)22)8-15(14)25-17/h3-8H,9H2,1-2H3,(H2,23,27)(H,24,25). The molecule has 1 aliphatic rings. The number of hydrogen-bond donors (Lipinski definition) is 2. The number of carbonyl (C=O) groups is 1. The van der Waals surface area contributed by atoms with E-state index < -0.39 is 23.2 Å². The van der Waals surface area contributed by atoms with Crippen LogP contribution < -0.4 is 10.6 Å². The van der Waals surface area contributed by atoms with Gasteiger partial charge < -0.3 is 15.6 Å². The monoisotopic (exact) mass is 374 g/mol. The molecule has 27 heavy (non-hydrogen) atoms. The molecule has 0 unspecified atom stereocenters. The van der Waals surface area contributed by atoms with Crippen molar-refractivity contribution in [3.63, 3.8) is 0 Å². The van der Waals surface area contributed by atoms with Crippen molar-refractivity contribution >= 4 is 22.9 Å². The molecule has 0 saturated heterocycles. The molecule has 0 aliphatic carbocycles. The first-order chi connectivity index (χ1) is 12.6. The lowest BCUT2D eigenvalue weighted by molar-refractivity contribution is -0.137. The van der Waals surface area contributed by atoms with Gasteiger partial charge in [0.25, 0.3) is 0 Å². The second-order valence-corrected chi connectivity index (χ2v) is 7.13. The van der Waals surface area contributed by atoms with Gasteiger partial charge in [-0.15, -0.1) is 0 Å². The quantitative estimate of drug-likeness (QED) is 0.714. The lowest BCUT2D eigenvalue weighted by Crippen LogP contribution is -2.36. The average molecular weight is 374 g/mol. The fourth-order valence-corrected chi connectivity index (χ4v) is 3.70. The fraction of sp³-hybridized carbons (Fsp3) is 0.263. The number of anilines is 1. The lowest BCUT2D eigenvalue weighted by atomic mass is 9.91. The summed E-state index contributed by atoms with van der Waals surface area (Å²) in [5.74, 6) is -0.0649. The van der Waals surface area contributed by atoms with Crippen LogP contribution in [0, 0.1) is 0 Å². The van der Waals surface area contributed by atoms with Crippen LogP contribution in [0.15, 0.2) is 36.4 Å². The summed E-state index contributed by atoms with van der Waals surface area (Å²) in [4.78, 5) is 21.1. The molecule has 0 saturated carbocycles. The minimum absolute atomic E-state index is 0.307. The van der Waals surface area contributed by atoms with Crippen molar-refractivity contribution < 1.29 is 18.0 Å². The van der Waals surface area contributed by atoms with E-state index in [4.69, 9.17) is 5.73 Å². The van der Waals surface area contributed by atoms with Gasteiger partial charge >= 0.3 is 6.18 Å². The highest BCUT2D eigenvalue weighted by Crippen LogP contribution is 2.42. The summed E-state index contributed by atoms with van der Waals surface area (Å²) in [6.45, 7) is 4.32. The molecule has 2 heterocycles. The number of amides is 1. The summed E-state index contributed by atoms with van der Waals surface area (Å²) < 4.78 is 38.9. The number of imidazole rings is 1. The topological polar surface area (TPSA) is 75.0 Å². The van der Waals surface area contributed by atoms with Crippen LogP contribution in [0.3, 0.4) is 0 Å². The van der Waals surface area contributed by atoms with Crippen molar-refractivity contribution in [2.75, 3.05) is 4.90 Å². The van der Waals surface area contributed by atoms with E-state index in [1.165, 1.54) is 6.07 Å². The molecule has 1 aromatic heterocycles. The van der Waals surface area contributed by atoms with Crippen molar-refractivity contribution in [1.29, 1.82) is 0 Å². The molecule has 0 bridgehead atoms. The maximum Gasteiger partial charge on any atom is 0.416 e. The predicted octanol–water partition coefficient (Wildman–Crippen LogP) is 3.94. The number of nitrogens with zero attached hydrogens (tertiary/aromatic N) is 2. The van der Waals surface area contributed by atoms with Crippen molar-refractivity contribution in [3.05, 3.63) is 58.7 Å². The SMILES string of the molecule is CC1(C)c2cccc(C(N)=O)c2CN1c1nc2ccc(C(F)(F)F)cc2[nH]1. The number of hydrogen-bond acceptors (Lipinski definition) is 3. The smallest absolute Gasteiger partial charge is 0.366 e. The Labute approximate surface area is 153 Å². The van der Waals surface area contributed by atoms with E-state index >= 15 is 0 Å². The molecule has 0 spiro atoms. The molecule has 4 rings (SSSR count). The predicted molar refractivity (Wildman–Crippen MR) is 95.3 cm³/mol. The minimum atomic E-state index is -4.42. The number of benzene rings is 2. The number of alkyl halides is 3. The Hall–Kier alpha value is -3.03. The number of halogens is 3. The summed E-state index contributed by atoms with van der Waals surface area (Å²) in [5, 5.41) is 0. The van der Waals surface area contributed by atoms with Gasteiger partial charge in [0.1, 0.15) is 0 Å². The molecular weight excluding hydrogens is 357 g/mol. The molecule has 0 fully saturated rings. The van der Waals surface area contributed by atoms with Crippen LogP contribution in [0.5, 0.6) is 0 Å². The third kappa shape index (κ3) is 2.63. The Morgan fingerprint density at radius 2 is 2.00 bits per heavy atom. The summed E-state index contributed by atoms with van der Waals surface area (Å²) in [6, 6.07) is 8.79. The zero-order chi connectivity index (χ0) is 19.6. The number of H-pyrrole nitrogens is 1. The van der Waals surface area contributed by atoms with E-state index in [-0.39, 0.29) is 0 Å². The summed E-state index contributed by atoms with van der Waals surface area (Å²) in [6.07, 6.45) is -4.42. The molecule has 140 valence electrons. The van der Waals surface area contributed by atoms with Gasteiger partial charge in [-0.25, -0.2) is 4.98 Å². The van der Waals surface area contributed by atoms with Gasteiger partial charge in [-0.1, -0.05) is 12.1 Å². The Bertz CT molecular complexity index is 1070. The highest BCUT2D eigenvalue weighted by atomic mass is 19.4. The first kappa shape index (κ1) is 17.4. The number of rotatable bonds is 2. The first-order valence-corrected chi connectivity index (χ1v) is 8.36. The van der Waals surface area contributed by atoms with Crippen LogP contribution in [0.2, 0.25) is 0 Å². The van der Waals surface area contributed by atoms with Crippen LogP contribution in [-0.2, 0) is 18.3 Å². The van der Waals surface area contributed by atoms with E-state index in [0.29, 0.717) is 29.1 Å². The molecule has 3 N–H and O–H groups in total. The number of carbonyl (C=O) groups excluding carboxylic acids is 1. The van der Waals surface area contributed by atoms with E-state index in [9.17, 15) is 18.0 Å². The summed E-state index contributed by atoms with van der Waals surface area (Å²) in [7, 11) is 0. The molecular formula is C19H17F3N4O. The van der Waals surface area contributed by atoms with Crippen molar-refractivity contribution in [3.8, 4) is 0 Å². The van der Waals surface area contributed by atoms with Crippen LogP contribution >= 0.6 is 0 Å². The molecule has 3 aromatic rings. The largest absolute Gasteiger partial charge is 0.416 e. The van der Waals surface area contributed by atoms with Crippen molar-refractivity contribution in [2.24, 2.45) is 5.73 Å². The normalized spacial score (nSPS) is 16.0. The van der Waals surface area contributed by atoms with Crippen LogP contribution in [0.25, 0.3) is 11.0 Å². The number of aromatic amines is 1. The Morgan fingerprint density at radius 1 is 1.26 bits per heavy atom. The maximum atomic E-state index is 13.0. The van der Waals surface area contributed by atoms with Crippen molar-refractivity contribution in [2.45, 2.75) is 32.1 Å². The maximum absolute atomic E-state index is 13.0. The van der Waals surface area contributed by atoms with Gasteiger partial charge in [0, 0.05) is 12.1 Å². The fourth-order valence-electron chi connectivity index (χ4n) is 3.70. The third-order valence-corrected chi connectivity index (χ3v) is 5.14. The molecule has 2 aromatic carbocycles. The van der Waals surface area contributed by atoms with Gasteiger partial charge in [-0.2, -0.15) is 13.2 Å². The van der Waals surface area contributed by atoms with E-state index in [2.05, 4.69) is 9.97 Å². The van der Waals surface area contributed by atoms with E-state index in [0.717, 1.165) is 23.3 Å². The van der Waals surface area contributed by atoms with Crippen molar-refractivity contribution in [1.82, 2.24) is 9.97 Å². The number of primary amides is 1. The zero-order valence-electron chi connectivity index (χ0n) is 14.7. The number of nitrogens with one attached hydrogen (secondary N) is 1. The lowest BCUT2D eigenvalue weighted by Gasteiger charge is -2.32. The van der Waals surface area contributed by atoms with Gasteiger partial charge in [0.05, 0.1) is 22.1 Å². The van der Waals surface area contributed by atoms with Gasteiger partial charge in [-0.05, 0) is 49.2 Å². The highest BCUT2D eigenvalue weighted by molar-refractivity contribution is 5.95. The van der Waals surface area contributed by atoms with E-state index in [1.54, 1.807) is 12.1 Å². The number of fused-ring (bicyclic) bond motifs is 2. The van der Waals surface area contributed by atoms with Gasteiger partial charge in [0.2, 0.25) is 11.9 Å². The van der Waals surface area contributed by atoms with Crippen LogP contribution in [-0.4, -0.2) is 15.9 Å². The van der Waals surface area contributed by atoms with Crippen LogP contribution in [0.1, 0.15) is 40.9 Å². The Morgan fingerprint density at radius 3 is 2.67 bits per heavy atom. The molecule has 0 radical (unpaired) electrons. The molecule has 0 atom stereocenters. The second-order valence-electron chi connectivity index (χ2n) is 7.13. The van der Waals surface area contributed by atoms with Gasteiger partial charge in [-0.3, -0.25) is 4.79 Å². The first-order valence-electron chi connectivity index (χ1n) is 8.36. The Kier molecular flexibility index (Phi) is 3.53. The molecule has 1 amide bonds.